The number of hydrogen-bond donors (Lipinski definition) is 3. The van der Waals surface area contributed by atoms with E-state index in [1.807, 2.05) is 0 Å². The van der Waals surface area contributed by atoms with Gasteiger partial charge in [0.1, 0.15) is 28.0 Å². The second-order valence-electron chi connectivity index (χ2n) is 8.55. The fourth-order valence-corrected chi connectivity index (χ4v) is 6.75. The smallest absolute Gasteiger partial charge is 0.352 e. The summed E-state index contributed by atoms with van der Waals surface area (Å²) in [7, 11) is 0. The highest BCUT2D eigenvalue weighted by molar-refractivity contribution is 8.01. The van der Waals surface area contributed by atoms with Crippen molar-refractivity contribution >= 4 is 69.3 Å². The van der Waals surface area contributed by atoms with Crippen molar-refractivity contribution < 1.29 is 28.7 Å². The summed E-state index contributed by atoms with van der Waals surface area (Å²) in [4.78, 5) is 49.0. The van der Waals surface area contributed by atoms with Gasteiger partial charge in [0, 0.05) is 23.0 Å². The molecule has 0 aliphatic carbocycles. The molecular weight excluding hydrogens is 614 g/mol. The number of carboxylic acid groups (broad SMARTS) is 1. The van der Waals surface area contributed by atoms with E-state index in [0.717, 1.165) is 28.6 Å². The minimum atomic E-state index is -1.27. The van der Waals surface area contributed by atoms with Crippen molar-refractivity contribution in [2.75, 3.05) is 17.2 Å². The Labute approximate surface area is 246 Å². The summed E-state index contributed by atoms with van der Waals surface area (Å²) in [5.74, 6) is -2.69. The minimum absolute atomic E-state index is 0.0655. The van der Waals surface area contributed by atoms with Crippen LogP contribution in [0.4, 0.5) is 9.52 Å². The van der Waals surface area contributed by atoms with Crippen LogP contribution in [0.5, 0.6) is 5.75 Å². The van der Waals surface area contributed by atoms with E-state index in [9.17, 15) is 23.9 Å². The summed E-state index contributed by atoms with van der Waals surface area (Å²) in [6.07, 6.45) is 0. The molecule has 2 atom stereocenters. The molecule has 0 saturated carbocycles. The number of fused-ring (bicyclic) bond motifs is 2. The molecule has 214 valence electrons. The number of thioether (sulfide) groups is 2. The van der Waals surface area contributed by atoms with Crippen LogP contribution in [0.3, 0.4) is 0 Å². The number of nitrogens with two attached hydrogens (primary N) is 1. The number of carbonyl (C=O) groups is 3. The Hall–Kier alpha value is -4.69. The van der Waals surface area contributed by atoms with Gasteiger partial charge in [0.05, 0.1) is 0 Å². The van der Waals surface area contributed by atoms with Crippen LogP contribution in [0.2, 0.25) is 0 Å². The topological polar surface area (TPSA) is 216 Å². The molecule has 5 heterocycles. The number of hydrogen-bond acceptors (Lipinski definition) is 15. The average Bonchev–Trinajstić information content (AvgIpc) is 3.63. The zero-order valence-corrected chi connectivity index (χ0v) is 23.3. The summed E-state index contributed by atoms with van der Waals surface area (Å²) in [6.45, 7) is 0. The van der Waals surface area contributed by atoms with Gasteiger partial charge in [-0.1, -0.05) is 5.16 Å². The third-order valence-corrected chi connectivity index (χ3v) is 8.79. The van der Waals surface area contributed by atoms with Gasteiger partial charge in [-0.2, -0.15) is 9.36 Å². The summed E-state index contributed by atoms with van der Waals surface area (Å²) < 4.78 is 18.5. The standard InChI is InChI=1S/C22H16FN11O5S3/c23-10-1-3-11(4-2-10)39-29-14(17-26-22(24)42-30-17)18(35)25-15-19(36)33-16(21(37)38)9(8-41-20(15)33)7-40-13-6-5-12-27-31-32-34(12)28-13/h1-6,15,20H,7-8H2,(H,25,35)(H,37,38)(H2,24,26,30)/t15?,20-/m0/s1. The number of β-lactam (4-membered cyclic amide) rings is 1. The second kappa shape index (κ2) is 11.3. The van der Waals surface area contributed by atoms with E-state index in [1.54, 1.807) is 12.1 Å². The maximum absolute atomic E-state index is 13.2. The van der Waals surface area contributed by atoms with Crippen molar-refractivity contribution in [1.82, 2.24) is 44.8 Å². The lowest BCUT2D eigenvalue weighted by Gasteiger charge is -2.49. The zero-order valence-electron chi connectivity index (χ0n) is 20.8. The third-order valence-electron chi connectivity index (χ3n) is 5.90. The number of nitrogen functional groups attached to an aromatic ring is 1. The Kier molecular flexibility index (Phi) is 7.39. The molecule has 0 radical (unpaired) electrons. The van der Waals surface area contributed by atoms with E-state index in [2.05, 4.69) is 40.5 Å². The number of aliphatic carboxylic acids is 1. The van der Waals surface area contributed by atoms with Crippen molar-refractivity contribution in [3.63, 3.8) is 0 Å². The molecular formula is C22H16FN11O5S3. The van der Waals surface area contributed by atoms with Crippen LogP contribution in [-0.4, -0.2) is 91.0 Å². The van der Waals surface area contributed by atoms with Crippen molar-refractivity contribution in [2.24, 2.45) is 5.16 Å². The first-order valence-electron chi connectivity index (χ1n) is 11.8. The highest BCUT2D eigenvalue weighted by Crippen LogP contribution is 2.41. The maximum Gasteiger partial charge on any atom is 0.352 e. The Morgan fingerprint density at radius 3 is 2.81 bits per heavy atom. The normalized spacial score (nSPS) is 18.5. The number of benzene rings is 1. The molecule has 6 rings (SSSR count). The quantitative estimate of drug-likeness (QED) is 0.0989. The fraction of sp³-hybridized carbons (Fsp3) is 0.182. The molecule has 2 amide bonds. The lowest BCUT2D eigenvalue weighted by Crippen LogP contribution is -2.71. The molecule has 4 aromatic rings. The fourth-order valence-electron chi connectivity index (χ4n) is 3.98. The van der Waals surface area contributed by atoms with Gasteiger partial charge in [-0.3, -0.25) is 14.5 Å². The van der Waals surface area contributed by atoms with Crippen LogP contribution in [0.15, 0.2) is 57.9 Å². The van der Waals surface area contributed by atoms with Crippen molar-refractivity contribution in [1.29, 1.82) is 0 Å². The molecule has 20 heteroatoms. The van der Waals surface area contributed by atoms with Crippen molar-refractivity contribution in [3.05, 3.63) is 59.3 Å². The van der Waals surface area contributed by atoms with Gasteiger partial charge in [-0.15, -0.1) is 38.4 Å². The zero-order chi connectivity index (χ0) is 29.4. The number of nitrogens with one attached hydrogen (secondary N) is 1. The van der Waals surface area contributed by atoms with E-state index in [0.29, 0.717) is 22.0 Å². The van der Waals surface area contributed by atoms with E-state index < -0.39 is 35.0 Å². The Bertz CT molecular complexity index is 1780. The van der Waals surface area contributed by atoms with Crippen LogP contribution >= 0.6 is 35.1 Å². The highest BCUT2D eigenvalue weighted by atomic mass is 32.2. The number of anilines is 1. The van der Waals surface area contributed by atoms with Crippen LogP contribution < -0.4 is 15.9 Å². The number of halogens is 1. The molecule has 1 fully saturated rings. The molecule has 0 bridgehead atoms. The SMILES string of the molecule is Nc1nc(C(=NOc2ccc(F)cc2)C(=O)NC2C(=O)N3C(C(=O)O)=C(CSc4ccc5nnnn5n4)CS[C@@H]23)ns1. The van der Waals surface area contributed by atoms with Crippen molar-refractivity contribution in [3.8, 4) is 5.75 Å². The Balaban J connectivity index is 1.18. The first-order valence-corrected chi connectivity index (χ1v) is 14.6. The predicted molar refractivity (Wildman–Crippen MR) is 147 cm³/mol. The summed E-state index contributed by atoms with van der Waals surface area (Å²) in [6, 6.07) is 7.24. The Morgan fingerprint density at radius 2 is 2.07 bits per heavy atom. The van der Waals surface area contributed by atoms with E-state index in [-0.39, 0.29) is 33.9 Å². The molecule has 2 aliphatic heterocycles. The molecule has 42 heavy (non-hydrogen) atoms. The van der Waals surface area contributed by atoms with Gasteiger partial charge in [0.2, 0.25) is 11.5 Å². The summed E-state index contributed by atoms with van der Waals surface area (Å²) >= 11 is 3.39. The van der Waals surface area contributed by atoms with Gasteiger partial charge in [0.15, 0.2) is 16.5 Å². The lowest BCUT2D eigenvalue weighted by molar-refractivity contribution is -0.150. The molecule has 2 aliphatic rings. The highest BCUT2D eigenvalue weighted by Gasteiger charge is 2.54. The number of carboxylic acids is 1. The molecule has 1 aromatic carbocycles. The van der Waals surface area contributed by atoms with E-state index in [4.69, 9.17) is 10.6 Å². The molecule has 0 spiro atoms. The van der Waals surface area contributed by atoms with Crippen molar-refractivity contribution in [2.45, 2.75) is 16.4 Å². The minimum Gasteiger partial charge on any atom is -0.477 e. The molecule has 1 unspecified atom stereocenters. The Morgan fingerprint density at radius 1 is 1.26 bits per heavy atom. The monoisotopic (exact) mass is 629 g/mol. The van der Waals surface area contributed by atoms with Crippen LogP contribution in [0, 0.1) is 5.82 Å². The lowest BCUT2D eigenvalue weighted by atomic mass is 10.0. The predicted octanol–water partition coefficient (Wildman–Crippen LogP) is 0.406. The number of amides is 2. The summed E-state index contributed by atoms with van der Waals surface area (Å²) in [5.41, 5.74) is 6.12. The number of nitrogens with zero attached hydrogens (tertiary/aromatic N) is 9. The summed E-state index contributed by atoms with van der Waals surface area (Å²) in [5, 5.41) is 31.6. The number of rotatable bonds is 9. The van der Waals surface area contributed by atoms with Gasteiger partial charge in [-0.25, -0.2) is 9.18 Å². The number of tetrazole rings is 1. The largest absolute Gasteiger partial charge is 0.477 e. The number of carbonyl (C=O) groups excluding carboxylic acids is 2. The third kappa shape index (κ3) is 5.33. The number of oxime groups is 1. The molecule has 1 saturated heterocycles. The van der Waals surface area contributed by atoms with E-state index >= 15 is 0 Å². The van der Waals surface area contributed by atoms with E-state index in [1.165, 1.54) is 40.3 Å². The first-order chi connectivity index (χ1) is 20.3. The van der Waals surface area contributed by atoms with Gasteiger partial charge in [0.25, 0.3) is 11.8 Å². The van der Waals surface area contributed by atoms with Crippen LogP contribution in [0.1, 0.15) is 5.82 Å². The first kappa shape index (κ1) is 27.5. The van der Waals surface area contributed by atoms with Crippen LogP contribution in [0.25, 0.3) is 5.65 Å². The molecule has 16 nitrogen and oxygen atoms in total. The van der Waals surface area contributed by atoms with Gasteiger partial charge >= 0.3 is 5.97 Å². The maximum atomic E-state index is 13.2. The second-order valence-corrected chi connectivity index (χ2v) is 11.4. The number of aromatic nitrogens is 7. The average molecular weight is 630 g/mol. The molecule has 4 N–H and O–H groups in total. The van der Waals surface area contributed by atoms with Gasteiger partial charge < -0.3 is 21.0 Å². The van der Waals surface area contributed by atoms with Gasteiger partial charge in [-0.05, 0) is 52.4 Å². The molecule has 3 aromatic heterocycles. The van der Waals surface area contributed by atoms with Crippen LogP contribution in [-0.2, 0) is 14.4 Å².